The number of rotatable bonds is 1. The first-order chi connectivity index (χ1) is 13.3. The lowest BCUT2D eigenvalue weighted by Gasteiger charge is -2.40. The molecule has 0 aliphatic carbocycles. The van der Waals surface area contributed by atoms with Crippen LogP contribution in [0, 0.1) is 5.82 Å². The van der Waals surface area contributed by atoms with Crippen LogP contribution in [-0.2, 0) is 25.0 Å². The van der Waals surface area contributed by atoms with Crippen LogP contribution in [0.5, 0.6) is 0 Å². The van der Waals surface area contributed by atoms with Crippen molar-refractivity contribution in [2.45, 2.75) is 50.2 Å². The van der Waals surface area contributed by atoms with Crippen molar-refractivity contribution in [3.05, 3.63) is 29.6 Å². The molecule has 0 radical (unpaired) electrons. The summed E-state index contributed by atoms with van der Waals surface area (Å²) in [4.78, 5) is 16.7. The quantitative estimate of drug-likeness (QED) is 0.654. The van der Waals surface area contributed by atoms with E-state index in [2.05, 4.69) is 10.3 Å². The number of aliphatic imine (C=N–C) groups is 1. The molecule has 3 N–H and O–H groups in total. The van der Waals surface area contributed by atoms with Crippen molar-refractivity contribution in [2.24, 2.45) is 4.99 Å². The zero-order valence-corrected chi connectivity index (χ0v) is 17.7. The average Bonchev–Trinajstić information content (AvgIpc) is 2.91. The van der Waals surface area contributed by atoms with Crippen molar-refractivity contribution in [3.8, 4) is 0 Å². The van der Waals surface area contributed by atoms with E-state index in [0.717, 1.165) is 10.4 Å². The molecule has 160 valence electrons. The first kappa shape index (κ1) is 21.3. The number of anilines is 1. The zero-order valence-electron chi connectivity index (χ0n) is 16.9. The number of hydrogen-bond donors (Lipinski definition) is 2. The fraction of sp³-hybridized carbons (Fsp3) is 0.556. The number of fused-ring (bicyclic) bond motifs is 1. The molecule has 1 aromatic rings. The minimum atomic E-state index is -4.06. The Labute approximate surface area is 169 Å². The standard InChI is InChI=1S/C18H25FN4O5S/c1-10-14-18(9-27-10,12-8-11(20)6-7-13(12)19)22-15(23(5)29(14,25)26)21-16(24)28-17(2,3)4/h6-8,10,14H,9,20H2,1-5H3,(H,21,22,24)/t10-,14?,18+/m0/s1. The van der Waals surface area contributed by atoms with Gasteiger partial charge in [-0.1, -0.05) is 0 Å². The van der Waals surface area contributed by atoms with E-state index < -0.39 is 44.4 Å². The molecular formula is C18H25FN4O5S. The van der Waals surface area contributed by atoms with Crippen LogP contribution in [0.2, 0.25) is 0 Å². The first-order valence-corrected chi connectivity index (χ1v) is 10.5. The van der Waals surface area contributed by atoms with Crippen LogP contribution < -0.4 is 11.1 Å². The smallest absolute Gasteiger partial charge is 0.414 e. The monoisotopic (exact) mass is 428 g/mol. The van der Waals surface area contributed by atoms with Gasteiger partial charge in [-0.25, -0.2) is 26.9 Å². The Morgan fingerprint density at radius 2 is 2.10 bits per heavy atom. The summed E-state index contributed by atoms with van der Waals surface area (Å²) in [5.41, 5.74) is 3.66. The van der Waals surface area contributed by atoms with E-state index in [1.807, 2.05) is 0 Å². The van der Waals surface area contributed by atoms with Gasteiger partial charge >= 0.3 is 6.09 Å². The second-order valence-corrected chi connectivity index (χ2v) is 10.3. The van der Waals surface area contributed by atoms with Crippen molar-refractivity contribution in [2.75, 3.05) is 19.4 Å². The molecule has 0 spiro atoms. The van der Waals surface area contributed by atoms with Crippen molar-refractivity contribution < 1.29 is 27.1 Å². The number of nitrogens with zero attached hydrogens (tertiary/aromatic N) is 2. The fourth-order valence-electron chi connectivity index (χ4n) is 3.62. The van der Waals surface area contributed by atoms with E-state index in [1.165, 1.54) is 19.2 Å². The molecule has 0 aromatic heterocycles. The third kappa shape index (κ3) is 3.64. The highest BCUT2D eigenvalue weighted by atomic mass is 32.2. The lowest BCUT2D eigenvalue weighted by atomic mass is 9.86. The molecule has 1 unspecified atom stereocenters. The maximum Gasteiger partial charge on any atom is 0.414 e. The van der Waals surface area contributed by atoms with Gasteiger partial charge in [0, 0.05) is 18.3 Å². The largest absolute Gasteiger partial charge is 0.444 e. The number of carbonyl (C=O) groups excluding carboxylic acids is 1. The van der Waals surface area contributed by atoms with Gasteiger partial charge in [0.2, 0.25) is 16.0 Å². The summed E-state index contributed by atoms with van der Waals surface area (Å²) in [6, 6.07) is 3.87. The highest BCUT2D eigenvalue weighted by molar-refractivity contribution is 7.90. The number of benzene rings is 1. The van der Waals surface area contributed by atoms with Crippen LogP contribution in [0.15, 0.2) is 23.2 Å². The third-order valence-corrected chi connectivity index (χ3v) is 7.19. The molecule has 0 saturated carbocycles. The van der Waals surface area contributed by atoms with Gasteiger partial charge in [0.25, 0.3) is 0 Å². The van der Waals surface area contributed by atoms with Crippen LogP contribution in [0.4, 0.5) is 14.9 Å². The maximum atomic E-state index is 14.8. The molecule has 1 aromatic carbocycles. The van der Waals surface area contributed by atoms with Crippen LogP contribution in [0.3, 0.4) is 0 Å². The van der Waals surface area contributed by atoms with Gasteiger partial charge in [0.1, 0.15) is 22.2 Å². The second-order valence-electron chi connectivity index (χ2n) is 8.18. The Balaban J connectivity index is 2.17. The summed E-state index contributed by atoms with van der Waals surface area (Å²) in [5.74, 6) is -0.947. The molecule has 2 heterocycles. The second kappa shape index (κ2) is 6.84. The topological polar surface area (TPSA) is 123 Å². The Morgan fingerprint density at radius 1 is 1.45 bits per heavy atom. The van der Waals surface area contributed by atoms with Gasteiger partial charge < -0.3 is 15.2 Å². The van der Waals surface area contributed by atoms with Crippen molar-refractivity contribution in [3.63, 3.8) is 0 Å². The van der Waals surface area contributed by atoms with E-state index in [1.54, 1.807) is 27.7 Å². The number of carbonyl (C=O) groups is 1. The molecule has 3 atom stereocenters. The van der Waals surface area contributed by atoms with E-state index in [-0.39, 0.29) is 23.8 Å². The van der Waals surface area contributed by atoms with Gasteiger partial charge in [-0.3, -0.25) is 5.32 Å². The molecule has 0 bridgehead atoms. The van der Waals surface area contributed by atoms with E-state index in [0.29, 0.717) is 0 Å². The highest BCUT2D eigenvalue weighted by Crippen LogP contribution is 2.46. The van der Waals surface area contributed by atoms with Gasteiger partial charge in [0.15, 0.2) is 0 Å². The van der Waals surface area contributed by atoms with Crippen molar-refractivity contribution in [1.82, 2.24) is 9.62 Å². The Kier molecular flexibility index (Phi) is 5.02. The SMILES string of the molecule is C[C@@H]1OC[C@]2(c3cc(N)ccc3F)N=C(NC(=O)OC(C)(C)C)N(C)S(=O)(=O)C12. The fourth-order valence-corrected chi connectivity index (χ4v) is 5.59. The average molecular weight is 428 g/mol. The maximum absolute atomic E-state index is 14.8. The predicted molar refractivity (Wildman–Crippen MR) is 105 cm³/mol. The lowest BCUT2D eigenvalue weighted by molar-refractivity contribution is 0.0558. The number of guanidine groups is 1. The molecule has 9 nitrogen and oxygen atoms in total. The number of amides is 1. The summed E-state index contributed by atoms with van der Waals surface area (Å²) in [6.45, 7) is 6.40. The van der Waals surface area contributed by atoms with Gasteiger partial charge in [-0.2, -0.15) is 0 Å². The third-order valence-electron chi connectivity index (χ3n) is 4.84. The van der Waals surface area contributed by atoms with E-state index in [4.69, 9.17) is 15.2 Å². The molecule has 2 aliphatic heterocycles. The highest BCUT2D eigenvalue weighted by Gasteiger charge is 2.61. The number of nitrogens with two attached hydrogens (primary N) is 1. The minimum Gasteiger partial charge on any atom is -0.444 e. The Hall–Kier alpha value is -2.40. The number of hydrogen-bond acceptors (Lipinski definition) is 7. The lowest BCUT2D eigenvalue weighted by Crippen LogP contribution is -2.60. The zero-order chi connectivity index (χ0) is 21.8. The van der Waals surface area contributed by atoms with E-state index >= 15 is 0 Å². The molecule has 1 amide bonds. The van der Waals surface area contributed by atoms with Crippen molar-refractivity contribution >= 4 is 27.8 Å². The number of alkyl carbamates (subject to hydrolysis) is 1. The first-order valence-electron chi connectivity index (χ1n) is 9.02. The number of sulfonamides is 1. The van der Waals surface area contributed by atoms with Crippen LogP contribution in [-0.4, -0.2) is 55.4 Å². The molecule has 1 fully saturated rings. The predicted octanol–water partition coefficient (Wildman–Crippen LogP) is 1.55. The normalized spacial score (nSPS) is 28.5. The molecule has 2 aliphatic rings. The minimum absolute atomic E-state index is 0.00739. The van der Waals surface area contributed by atoms with Gasteiger partial charge in [-0.05, 0) is 45.9 Å². The molecule has 3 rings (SSSR count). The van der Waals surface area contributed by atoms with E-state index in [9.17, 15) is 17.6 Å². The molecular weight excluding hydrogens is 403 g/mol. The summed E-state index contributed by atoms with van der Waals surface area (Å²) < 4.78 is 53.0. The van der Waals surface area contributed by atoms with Crippen molar-refractivity contribution in [1.29, 1.82) is 0 Å². The number of nitrogen functional groups attached to an aromatic ring is 1. The Bertz CT molecular complexity index is 975. The summed E-state index contributed by atoms with van der Waals surface area (Å²) in [7, 11) is -2.80. The Morgan fingerprint density at radius 3 is 2.72 bits per heavy atom. The molecule has 29 heavy (non-hydrogen) atoms. The summed E-state index contributed by atoms with van der Waals surface area (Å²) >= 11 is 0. The van der Waals surface area contributed by atoms with Gasteiger partial charge in [-0.15, -0.1) is 0 Å². The summed E-state index contributed by atoms with van der Waals surface area (Å²) in [6.07, 6.45) is -1.64. The number of halogens is 1. The van der Waals surface area contributed by atoms with Crippen LogP contribution >= 0.6 is 0 Å². The van der Waals surface area contributed by atoms with Gasteiger partial charge in [0.05, 0.1) is 12.7 Å². The van der Waals surface area contributed by atoms with Crippen LogP contribution in [0.25, 0.3) is 0 Å². The number of ether oxygens (including phenoxy) is 2. The van der Waals surface area contributed by atoms with Crippen LogP contribution in [0.1, 0.15) is 33.3 Å². The number of nitrogens with one attached hydrogen (secondary N) is 1. The molecule has 1 saturated heterocycles. The molecule has 11 heteroatoms. The summed E-state index contributed by atoms with van der Waals surface area (Å²) in [5, 5.41) is 1.17.